The van der Waals surface area contributed by atoms with Gasteiger partial charge in [-0.15, -0.1) is 0 Å². The molecule has 1 saturated carbocycles. The van der Waals surface area contributed by atoms with Crippen LogP contribution in [0.2, 0.25) is 0 Å². The van der Waals surface area contributed by atoms with Crippen LogP contribution >= 0.6 is 0 Å². The van der Waals surface area contributed by atoms with Crippen LogP contribution < -0.4 is 0 Å². The van der Waals surface area contributed by atoms with Crippen molar-refractivity contribution in [1.29, 1.82) is 5.26 Å². The van der Waals surface area contributed by atoms with Crippen LogP contribution in [0.3, 0.4) is 0 Å². The summed E-state index contributed by atoms with van der Waals surface area (Å²) in [5, 5.41) is 13.0. The zero-order valence-corrected chi connectivity index (χ0v) is 8.65. The number of hydrogen-bond donors (Lipinski definition) is 0. The second-order valence-electron chi connectivity index (χ2n) is 3.71. The first-order valence-electron chi connectivity index (χ1n) is 4.69. The Kier molecular flexibility index (Phi) is 2.00. The second-order valence-corrected chi connectivity index (χ2v) is 3.71. The first-order chi connectivity index (χ1) is 7.14. The molecule has 5 heteroatoms. The predicted molar refractivity (Wildman–Crippen MR) is 50.9 cm³/mol. The van der Waals surface area contributed by atoms with Crippen LogP contribution in [0, 0.1) is 18.3 Å². The van der Waals surface area contributed by atoms with Crippen molar-refractivity contribution < 1.29 is 9.53 Å². The maximum absolute atomic E-state index is 11.5. The summed E-state index contributed by atoms with van der Waals surface area (Å²) in [5.74, 6) is -0.283. The average Bonchev–Trinajstić information content (AvgIpc) is 2.97. The molecule has 0 aromatic carbocycles. The van der Waals surface area contributed by atoms with Crippen molar-refractivity contribution in [2.45, 2.75) is 25.3 Å². The van der Waals surface area contributed by atoms with Crippen molar-refractivity contribution in [3.63, 3.8) is 0 Å². The third kappa shape index (κ3) is 1.30. The molecule has 15 heavy (non-hydrogen) atoms. The van der Waals surface area contributed by atoms with Crippen LogP contribution in [0.5, 0.6) is 0 Å². The number of rotatable bonds is 2. The van der Waals surface area contributed by atoms with Gasteiger partial charge in [0.25, 0.3) is 0 Å². The van der Waals surface area contributed by atoms with Crippen molar-refractivity contribution in [2.24, 2.45) is 0 Å². The molecule has 1 aliphatic carbocycles. The first-order valence-corrected chi connectivity index (χ1v) is 4.69. The fraction of sp³-hybridized carbons (Fsp3) is 0.500. The summed E-state index contributed by atoms with van der Waals surface area (Å²) in [7, 11) is 1.37. The van der Waals surface area contributed by atoms with Gasteiger partial charge in [0.05, 0.1) is 18.4 Å². The lowest BCUT2D eigenvalue weighted by atomic mass is 10.2. The lowest BCUT2D eigenvalue weighted by Crippen LogP contribution is -2.29. The number of hydrogen-bond acceptors (Lipinski definition) is 4. The summed E-state index contributed by atoms with van der Waals surface area (Å²) in [6.45, 7) is 1.75. The summed E-state index contributed by atoms with van der Waals surface area (Å²) in [6, 6.07) is 2.04. The second kappa shape index (κ2) is 3.09. The number of carbonyl (C=O) groups is 1. The summed E-state index contributed by atoms with van der Waals surface area (Å²) in [5.41, 5.74) is 0.507. The number of nitriles is 1. The Morgan fingerprint density at radius 2 is 2.40 bits per heavy atom. The standard InChI is InChI=1S/C10H11N3O2/c1-7-8(5-11)6-13(12-7)10(3-4-10)9(14)15-2/h6H,3-4H2,1-2H3. The van der Waals surface area contributed by atoms with Crippen molar-refractivity contribution >= 4 is 5.97 Å². The van der Waals surface area contributed by atoms with E-state index in [1.165, 1.54) is 7.11 Å². The van der Waals surface area contributed by atoms with Crippen LogP contribution in [-0.4, -0.2) is 22.9 Å². The molecule has 1 aromatic rings. The summed E-state index contributed by atoms with van der Waals surface area (Å²) >= 11 is 0. The highest BCUT2D eigenvalue weighted by Crippen LogP contribution is 2.44. The number of aromatic nitrogens is 2. The first kappa shape index (κ1) is 9.71. The summed E-state index contributed by atoms with van der Waals surface area (Å²) < 4.78 is 6.29. The molecule has 0 unspecified atom stereocenters. The number of methoxy groups -OCH3 is 1. The fourth-order valence-corrected chi connectivity index (χ4v) is 1.62. The summed E-state index contributed by atoms with van der Waals surface area (Å²) in [4.78, 5) is 11.5. The van der Waals surface area contributed by atoms with E-state index >= 15 is 0 Å². The van der Waals surface area contributed by atoms with E-state index in [-0.39, 0.29) is 5.97 Å². The van der Waals surface area contributed by atoms with Gasteiger partial charge in [0.2, 0.25) is 0 Å². The van der Waals surface area contributed by atoms with Gasteiger partial charge in [-0.3, -0.25) is 4.68 Å². The maximum atomic E-state index is 11.5. The molecular formula is C10H11N3O2. The molecule has 0 radical (unpaired) electrons. The number of nitrogens with zero attached hydrogens (tertiary/aromatic N) is 3. The Morgan fingerprint density at radius 3 is 2.80 bits per heavy atom. The minimum Gasteiger partial charge on any atom is -0.467 e. The Labute approximate surface area is 87.3 Å². The van der Waals surface area contributed by atoms with Gasteiger partial charge < -0.3 is 4.74 Å². The molecular weight excluding hydrogens is 194 g/mol. The average molecular weight is 205 g/mol. The molecule has 2 rings (SSSR count). The Morgan fingerprint density at radius 1 is 1.73 bits per heavy atom. The molecule has 1 heterocycles. The molecule has 0 N–H and O–H groups in total. The van der Waals surface area contributed by atoms with Gasteiger partial charge in [0.1, 0.15) is 6.07 Å². The molecule has 0 amide bonds. The van der Waals surface area contributed by atoms with E-state index in [9.17, 15) is 4.79 Å². The van der Waals surface area contributed by atoms with Crippen LogP contribution in [0.15, 0.2) is 6.20 Å². The van der Waals surface area contributed by atoms with Crippen LogP contribution in [-0.2, 0) is 15.1 Å². The highest BCUT2D eigenvalue weighted by Gasteiger charge is 2.54. The molecule has 1 fully saturated rings. The van der Waals surface area contributed by atoms with E-state index < -0.39 is 5.54 Å². The number of esters is 1. The number of aryl methyl sites for hydroxylation is 1. The Hall–Kier alpha value is -1.83. The zero-order valence-electron chi connectivity index (χ0n) is 8.65. The van der Waals surface area contributed by atoms with Gasteiger partial charge in [-0.25, -0.2) is 4.79 Å². The zero-order chi connectivity index (χ0) is 11.1. The Balaban J connectivity index is 2.39. The van der Waals surface area contributed by atoms with Gasteiger partial charge in [-0.1, -0.05) is 0 Å². The smallest absolute Gasteiger partial charge is 0.333 e. The molecule has 0 atom stereocenters. The third-order valence-corrected chi connectivity index (χ3v) is 2.75. The highest BCUT2D eigenvalue weighted by atomic mass is 16.5. The van der Waals surface area contributed by atoms with Gasteiger partial charge in [-0.2, -0.15) is 10.4 Å². The van der Waals surface area contributed by atoms with Crippen molar-refractivity contribution in [2.75, 3.05) is 7.11 Å². The maximum Gasteiger partial charge on any atom is 0.333 e. The van der Waals surface area contributed by atoms with E-state index in [2.05, 4.69) is 5.10 Å². The van der Waals surface area contributed by atoms with Gasteiger partial charge in [0.15, 0.2) is 5.54 Å². The van der Waals surface area contributed by atoms with Gasteiger partial charge in [-0.05, 0) is 19.8 Å². The van der Waals surface area contributed by atoms with E-state index in [0.29, 0.717) is 11.3 Å². The van der Waals surface area contributed by atoms with E-state index in [4.69, 9.17) is 10.00 Å². The van der Waals surface area contributed by atoms with Crippen molar-refractivity contribution in [3.05, 3.63) is 17.5 Å². The molecule has 0 spiro atoms. The molecule has 1 aromatic heterocycles. The topological polar surface area (TPSA) is 67.9 Å². The van der Waals surface area contributed by atoms with E-state index in [1.54, 1.807) is 17.8 Å². The molecule has 1 aliphatic rings. The largest absolute Gasteiger partial charge is 0.467 e. The Bertz CT molecular complexity index is 452. The lowest BCUT2D eigenvalue weighted by molar-refractivity contribution is -0.146. The fourth-order valence-electron chi connectivity index (χ4n) is 1.62. The van der Waals surface area contributed by atoms with E-state index in [1.807, 2.05) is 6.07 Å². The van der Waals surface area contributed by atoms with Gasteiger partial charge in [0, 0.05) is 6.20 Å². The van der Waals surface area contributed by atoms with Crippen LogP contribution in [0.1, 0.15) is 24.1 Å². The van der Waals surface area contributed by atoms with E-state index in [0.717, 1.165) is 12.8 Å². The minimum absolute atomic E-state index is 0.283. The SMILES string of the molecule is COC(=O)C1(n2cc(C#N)c(C)n2)CC1. The number of ether oxygens (including phenoxy) is 1. The van der Waals surface area contributed by atoms with Crippen LogP contribution in [0.25, 0.3) is 0 Å². The van der Waals surface area contributed by atoms with Crippen molar-refractivity contribution in [3.8, 4) is 6.07 Å². The van der Waals surface area contributed by atoms with Crippen molar-refractivity contribution in [1.82, 2.24) is 9.78 Å². The normalized spacial score (nSPS) is 16.9. The molecule has 0 bridgehead atoms. The highest BCUT2D eigenvalue weighted by molar-refractivity contribution is 5.81. The summed E-state index contributed by atoms with van der Waals surface area (Å²) in [6.07, 6.45) is 3.07. The quantitative estimate of drug-likeness (QED) is 0.667. The lowest BCUT2D eigenvalue weighted by Gasteiger charge is -2.12. The van der Waals surface area contributed by atoms with Crippen LogP contribution in [0.4, 0.5) is 0 Å². The number of carbonyl (C=O) groups excluding carboxylic acids is 1. The molecule has 0 aliphatic heterocycles. The van der Waals surface area contributed by atoms with Gasteiger partial charge >= 0.3 is 5.97 Å². The predicted octanol–water partition coefficient (Wildman–Crippen LogP) is 0.725. The molecule has 78 valence electrons. The monoisotopic (exact) mass is 205 g/mol. The minimum atomic E-state index is -0.644. The molecule has 5 nitrogen and oxygen atoms in total. The third-order valence-electron chi connectivity index (χ3n) is 2.75. The molecule has 0 saturated heterocycles.